The molecule has 0 aliphatic carbocycles. The van der Waals surface area contributed by atoms with Gasteiger partial charge < -0.3 is 4.42 Å². The summed E-state index contributed by atoms with van der Waals surface area (Å²) in [5.74, 6) is 0. The largest absolute Gasteiger partial charge is 0.455 e. The lowest BCUT2D eigenvalue weighted by Crippen LogP contribution is -1.91. The Balaban J connectivity index is 0.894. The van der Waals surface area contributed by atoms with Gasteiger partial charge in [-0.25, -0.2) is 0 Å². The molecule has 13 aromatic rings. The molecule has 0 radical (unpaired) electrons. The van der Waals surface area contributed by atoms with E-state index in [1.807, 2.05) is 11.3 Å². The number of hydrogen-bond acceptors (Lipinski definition) is 2. The van der Waals surface area contributed by atoms with Crippen molar-refractivity contribution in [2.75, 3.05) is 0 Å². The zero-order valence-corrected chi connectivity index (χ0v) is 33.3. The zero-order valence-electron chi connectivity index (χ0n) is 32.4. The van der Waals surface area contributed by atoms with Crippen LogP contribution in [0.2, 0.25) is 0 Å². The van der Waals surface area contributed by atoms with Gasteiger partial charge in [-0.3, -0.25) is 0 Å². The summed E-state index contributed by atoms with van der Waals surface area (Å²) in [6, 6.07) is 75.8. The van der Waals surface area contributed by atoms with Crippen LogP contribution in [0.3, 0.4) is 0 Å². The molecule has 0 unspecified atom stereocenters. The van der Waals surface area contributed by atoms with Crippen molar-refractivity contribution in [1.29, 1.82) is 0 Å². The summed E-state index contributed by atoms with van der Waals surface area (Å²) in [7, 11) is 0. The molecule has 0 spiro atoms. The first-order valence-electron chi connectivity index (χ1n) is 20.6. The third-order valence-corrected chi connectivity index (χ3v) is 13.8. The number of thiophene rings is 1. The van der Waals surface area contributed by atoms with Gasteiger partial charge in [0.05, 0.1) is 4.70 Å². The maximum atomic E-state index is 6.61. The predicted octanol–water partition coefficient (Wildman–Crippen LogP) is 17.2. The van der Waals surface area contributed by atoms with E-state index in [1.54, 1.807) is 0 Å². The van der Waals surface area contributed by atoms with Gasteiger partial charge in [0.25, 0.3) is 0 Å². The Hall–Kier alpha value is -7.52. The standard InChI is InChI=1S/C58H34OS/c1-2-12-43-36(10-1)11-9-18-44(43)37-22-26-39(27-23-37)56-48-16-5-3-14-46(48)55(47-15-4-6-17-49(47)56)38-24-20-35(21-25-38)40-28-29-41-34-53-52(33-42(41)32-40)50-30-31-51-45-13-7-8-19-54(45)60-58(51)57(50)59-53/h1-34H. The smallest absolute Gasteiger partial charge is 0.153 e. The van der Waals surface area contributed by atoms with Crippen molar-refractivity contribution in [2.24, 2.45) is 0 Å². The summed E-state index contributed by atoms with van der Waals surface area (Å²) in [5.41, 5.74) is 11.8. The van der Waals surface area contributed by atoms with Crippen LogP contribution in [0.5, 0.6) is 0 Å². The lowest BCUT2D eigenvalue weighted by atomic mass is 9.85. The van der Waals surface area contributed by atoms with Gasteiger partial charge in [-0.1, -0.05) is 176 Å². The molecule has 0 aliphatic rings. The van der Waals surface area contributed by atoms with Crippen LogP contribution in [0.15, 0.2) is 211 Å². The van der Waals surface area contributed by atoms with Crippen molar-refractivity contribution in [2.45, 2.75) is 0 Å². The molecule has 60 heavy (non-hydrogen) atoms. The van der Waals surface area contributed by atoms with Crippen molar-refractivity contribution in [3.05, 3.63) is 206 Å². The van der Waals surface area contributed by atoms with Crippen LogP contribution in [0.25, 0.3) is 130 Å². The topological polar surface area (TPSA) is 13.1 Å². The minimum Gasteiger partial charge on any atom is -0.455 e. The van der Waals surface area contributed by atoms with E-state index in [9.17, 15) is 0 Å². The summed E-state index contributed by atoms with van der Waals surface area (Å²) >= 11 is 1.82. The van der Waals surface area contributed by atoms with Crippen LogP contribution in [0, 0.1) is 0 Å². The van der Waals surface area contributed by atoms with Gasteiger partial charge in [0.1, 0.15) is 5.58 Å². The second-order valence-electron chi connectivity index (χ2n) is 16.0. The van der Waals surface area contributed by atoms with E-state index in [2.05, 4.69) is 206 Å². The highest BCUT2D eigenvalue weighted by molar-refractivity contribution is 7.26. The van der Waals surface area contributed by atoms with Crippen LogP contribution < -0.4 is 0 Å². The maximum Gasteiger partial charge on any atom is 0.153 e. The maximum absolute atomic E-state index is 6.61. The quantitative estimate of drug-likeness (QED) is 0.162. The molecule has 13 rings (SSSR count). The fourth-order valence-corrected chi connectivity index (χ4v) is 11.0. The van der Waals surface area contributed by atoms with E-state index >= 15 is 0 Å². The molecule has 0 N–H and O–H groups in total. The molecular weight excluding hydrogens is 745 g/mol. The van der Waals surface area contributed by atoms with Crippen LogP contribution in [-0.2, 0) is 0 Å². The summed E-state index contributed by atoms with van der Waals surface area (Å²) in [4.78, 5) is 0. The third kappa shape index (κ3) is 5.05. The Morgan fingerprint density at radius 1 is 0.300 bits per heavy atom. The number of fused-ring (bicyclic) bond motifs is 11. The van der Waals surface area contributed by atoms with Crippen molar-refractivity contribution >= 4 is 96.5 Å². The zero-order chi connectivity index (χ0) is 39.3. The van der Waals surface area contributed by atoms with Gasteiger partial charge in [-0.05, 0) is 118 Å². The van der Waals surface area contributed by atoms with Gasteiger partial charge in [-0.2, -0.15) is 0 Å². The molecule has 1 nitrogen and oxygen atoms in total. The Labute approximate surface area is 350 Å². The highest BCUT2D eigenvalue weighted by atomic mass is 32.1. The molecular formula is C58H34OS. The van der Waals surface area contributed by atoms with Crippen molar-refractivity contribution in [3.8, 4) is 44.5 Å². The van der Waals surface area contributed by atoms with E-state index in [-0.39, 0.29) is 0 Å². The van der Waals surface area contributed by atoms with Crippen LogP contribution >= 0.6 is 11.3 Å². The Kier molecular flexibility index (Phi) is 7.24. The molecule has 2 heterocycles. The molecule has 0 saturated carbocycles. The van der Waals surface area contributed by atoms with Crippen molar-refractivity contribution in [3.63, 3.8) is 0 Å². The summed E-state index contributed by atoms with van der Waals surface area (Å²) in [6.07, 6.45) is 0. The minimum atomic E-state index is 0.933. The summed E-state index contributed by atoms with van der Waals surface area (Å²) in [6.45, 7) is 0. The van der Waals surface area contributed by atoms with Gasteiger partial charge in [0.2, 0.25) is 0 Å². The van der Waals surface area contributed by atoms with Gasteiger partial charge in [0.15, 0.2) is 5.58 Å². The Bertz CT molecular complexity index is 3800. The van der Waals surface area contributed by atoms with Crippen LogP contribution in [-0.4, -0.2) is 0 Å². The average molecular weight is 779 g/mol. The molecule has 11 aromatic carbocycles. The van der Waals surface area contributed by atoms with Gasteiger partial charge in [0, 0.05) is 26.2 Å². The number of hydrogen-bond donors (Lipinski definition) is 0. The first-order valence-corrected chi connectivity index (χ1v) is 21.4. The van der Waals surface area contributed by atoms with E-state index in [1.165, 1.54) is 113 Å². The second kappa shape index (κ2) is 13.0. The van der Waals surface area contributed by atoms with E-state index in [0.717, 1.165) is 16.6 Å². The fourth-order valence-electron chi connectivity index (χ4n) is 9.81. The summed E-state index contributed by atoms with van der Waals surface area (Å²) < 4.78 is 9.12. The normalized spacial score (nSPS) is 12.0. The van der Waals surface area contributed by atoms with E-state index < -0.39 is 0 Å². The van der Waals surface area contributed by atoms with Gasteiger partial charge >= 0.3 is 0 Å². The first-order chi connectivity index (χ1) is 29.7. The summed E-state index contributed by atoms with van der Waals surface area (Å²) in [5, 5.41) is 14.8. The Morgan fingerprint density at radius 3 is 1.55 bits per heavy atom. The average Bonchev–Trinajstić information content (AvgIpc) is 3.88. The molecule has 2 aromatic heterocycles. The van der Waals surface area contributed by atoms with Crippen LogP contribution in [0.1, 0.15) is 0 Å². The number of furan rings is 1. The minimum absolute atomic E-state index is 0.933. The van der Waals surface area contributed by atoms with Crippen LogP contribution in [0.4, 0.5) is 0 Å². The van der Waals surface area contributed by atoms with E-state index in [0.29, 0.717) is 0 Å². The highest BCUT2D eigenvalue weighted by Crippen LogP contribution is 2.46. The molecule has 0 atom stereocenters. The lowest BCUT2D eigenvalue weighted by molar-refractivity contribution is 0.674. The molecule has 0 saturated heterocycles. The van der Waals surface area contributed by atoms with Crippen molar-refractivity contribution < 1.29 is 4.42 Å². The molecule has 278 valence electrons. The predicted molar refractivity (Wildman–Crippen MR) is 258 cm³/mol. The number of benzene rings is 11. The molecule has 2 heteroatoms. The van der Waals surface area contributed by atoms with E-state index in [4.69, 9.17) is 4.42 Å². The highest BCUT2D eigenvalue weighted by Gasteiger charge is 2.18. The second-order valence-corrected chi connectivity index (χ2v) is 17.0. The molecule has 0 amide bonds. The monoisotopic (exact) mass is 778 g/mol. The van der Waals surface area contributed by atoms with Crippen molar-refractivity contribution in [1.82, 2.24) is 0 Å². The molecule has 0 bridgehead atoms. The number of rotatable bonds is 4. The first kappa shape index (κ1) is 33.5. The lowest BCUT2D eigenvalue weighted by Gasteiger charge is -2.18. The SMILES string of the molecule is c1ccc2c(-c3ccc(-c4c5ccccc5c(-c5ccc(-c6ccc7cc8oc9c(ccc%10c%11ccccc%11sc%109)c8cc7c6)cc5)c5ccccc45)cc3)cccc2c1. The third-order valence-electron chi connectivity index (χ3n) is 12.7. The Morgan fingerprint density at radius 2 is 0.850 bits per heavy atom. The molecule has 0 fully saturated rings. The molecule has 0 aliphatic heterocycles. The van der Waals surface area contributed by atoms with Gasteiger partial charge in [-0.15, -0.1) is 11.3 Å². The fraction of sp³-hybridized carbons (Fsp3) is 0.